The third kappa shape index (κ3) is 2.78. The number of piperazine rings is 1. The number of benzene rings is 1. The molecule has 1 aliphatic rings. The molecule has 1 aromatic rings. The van der Waals surface area contributed by atoms with Gasteiger partial charge in [-0.05, 0) is 12.1 Å². The van der Waals surface area contributed by atoms with Gasteiger partial charge in [0, 0.05) is 32.1 Å². The van der Waals surface area contributed by atoms with E-state index in [0.717, 1.165) is 42.7 Å². The van der Waals surface area contributed by atoms with E-state index < -0.39 is 0 Å². The molecule has 1 aromatic carbocycles. The summed E-state index contributed by atoms with van der Waals surface area (Å²) in [5.41, 5.74) is 1.11. The maximum absolute atomic E-state index is 8.03. The van der Waals surface area contributed by atoms with Gasteiger partial charge in [0.15, 0.2) is 0 Å². The van der Waals surface area contributed by atoms with Crippen LogP contribution in [-0.4, -0.2) is 36.9 Å². The first-order valence-corrected chi connectivity index (χ1v) is 6.80. The molecule has 0 saturated carbocycles. The Labute approximate surface area is 114 Å². The van der Waals surface area contributed by atoms with Crippen LogP contribution in [0.3, 0.4) is 0 Å². The highest BCUT2D eigenvalue weighted by atomic mass is 35.5. The molecule has 1 heterocycles. The lowest BCUT2D eigenvalue weighted by Gasteiger charge is -2.38. The standard InChI is InChI=1S/C14H20ClN3/c1-11(2)14(16)18-9-7-17(8-10-18)13-6-4-3-5-12(13)15/h3-6,11,16H,7-10H2,1-2H3. The summed E-state index contributed by atoms with van der Waals surface area (Å²) >= 11 is 6.21. The number of anilines is 1. The smallest absolute Gasteiger partial charge is 0.0985 e. The lowest BCUT2D eigenvalue weighted by atomic mass is 10.1. The fourth-order valence-corrected chi connectivity index (χ4v) is 2.52. The second-order valence-electron chi connectivity index (χ2n) is 4.97. The summed E-state index contributed by atoms with van der Waals surface area (Å²) in [6.07, 6.45) is 0. The van der Waals surface area contributed by atoms with Gasteiger partial charge in [-0.15, -0.1) is 0 Å². The van der Waals surface area contributed by atoms with Crippen LogP contribution in [0.4, 0.5) is 5.69 Å². The third-order valence-electron chi connectivity index (χ3n) is 3.36. The van der Waals surface area contributed by atoms with Crippen molar-refractivity contribution in [2.45, 2.75) is 13.8 Å². The van der Waals surface area contributed by atoms with Crippen molar-refractivity contribution in [1.82, 2.24) is 4.90 Å². The van der Waals surface area contributed by atoms with Crippen LogP contribution in [0.2, 0.25) is 5.02 Å². The molecule has 1 saturated heterocycles. The van der Waals surface area contributed by atoms with E-state index >= 15 is 0 Å². The van der Waals surface area contributed by atoms with Gasteiger partial charge in [0.05, 0.1) is 16.5 Å². The Kier molecular flexibility index (Phi) is 4.12. The molecule has 1 aliphatic heterocycles. The number of halogens is 1. The molecule has 0 unspecified atom stereocenters. The number of hydrogen-bond acceptors (Lipinski definition) is 2. The zero-order valence-electron chi connectivity index (χ0n) is 11.0. The molecular weight excluding hydrogens is 246 g/mol. The minimum atomic E-state index is 0.303. The molecule has 0 aromatic heterocycles. The van der Waals surface area contributed by atoms with E-state index in [1.807, 2.05) is 18.2 Å². The van der Waals surface area contributed by atoms with Crippen LogP contribution in [0.25, 0.3) is 0 Å². The molecule has 0 aliphatic carbocycles. The Hall–Kier alpha value is -1.22. The van der Waals surface area contributed by atoms with E-state index in [1.165, 1.54) is 0 Å². The van der Waals surface area contributed by atoms with E-state index in [9.17, 15) is 0 Å². The second kappa shape index (κ2) is 5.61. The largest absolute Gasteiger partial charge is 0.367 e. The van der Waals surface area contributed by atoms with Crippen molar-refractivity contribution in [2.24, 2.45) is 5.92 Å². The number of hydrogen-bond donors (Lipinski definition) is 1. The van der Waals surface area contributed by atoms with Gasteiger partial charge in [0.2, 0.25) is 0 Å². The van der Waals surface area contributed by atoms with Crippen molar-refractivity contribution in [1.29, 1.82) is 5.41 Å². The van der Waals surface area contributed by atoms with Crippen molar-refractivity contribution >= 4 is 23.1 Å². The first-order chi connectivity index (χ1) is 8.59. The number of rotatable bonds is 2. The van der Waals surface area contributed by atoms with Crippen LogP contribution in [0.5, 0.6) is 0 Å². The predicted molar refractivity (Wildman–Crippen MR) is 77.8 cm³/mol. The summed E-state index contributed by atoms with van der Waals surface area (Å²) < 4.78 is 0. The van der Waals surface area contributed by atoms with Crippen molar-refractivity contribution in [2.75, 3.05) is 31.1 Å². The molecule has 0 bridgehead atoms. The lowest BCUT2D eigenvalue weighted by Crippen LogP contribution is -2.49. The summed E-state index contributed by atoms with van der Waals surface area (Å²) in [6.45, 7) is 7.81. The molecule has 1 fully saturated rings. The fraction of sp³-hybridized carbons (Fsp3) is 0.500. The molecule has 0 radical (unpaired) electrons. The molecule has 1 N–H and O–H groups in total. The normalized spacial score (nSPS) is 16.2. The highest BCUT2D eigenvalue weighted by molar-refractivity contribution is 6.33. The Morgan fingerprint density at radius 3 is 2.33 bits per heavy atom. The van der Waals surface area contributed by atoms with Gasteiger partial charge in [-0.25, -0.2) is 0 Å². The Bertz CT molecular complexity index is 423. The first kappa shape index (κ1) is 13.2. The van der Waals surface area contributed by atoms with E-state index in [4.69, 9.17) is 17.0 Å². The number of nitrogens with one attached hydrogen (secondary N) is 1. The van der Waals surface area contributed by atoms with Crippen LogP contribution in [0, 0.1) is 11.3 Å². The minimum absolute atomic E-state index is 0.303. The highest BCUT2D eigenvalue weighted by Crippen LogP contribution is 2.26. The average Bonchev–Trinajstić information content (AvgIpc) is 2.38. The van der Waals surface area contributed by atoms with Crippen LogP contribution in [0.1, 0.15) is 13.8 Å². The quantitative estimate of drug-likeness (QED) is 0.658. The molecule has 0 atom stereocenters. The van der Waals surface area contributed by atoms with Gasteiger partial charge in [-0.1, -0.05) is 37.6 Å². The van der Waals surface area contributed by atoms with Crippen molar-refractivity contribution in [3.63, 3.8) is 0 Å². The van der Waals surface area contributed by atoms with Gasteiger partial charge in [-0.3, -0.25) is 5.41 Å². The molecular formula is C14H20ClN3. The number of amidine groups is 1. The van der Waals surface area contributed by atoms with Crippen LogP contribution < -0.4 is 4.90 Å². The lowest BCUT2D eigenvalue weighted by molar-refractivity contribution is 0.368. The Morgan fingerprint density at radius 1 is 1.17 bits per heavy atom. The zero-order valence-corrected chi connectivity index (χ0v) is 11.7. The Balaban J connectivity index is 1.99. The SMILES string of the molecule is CC(C)C(=N)N1CCN(c2ccccc2Cl)CC1. The van der Waals surface area contributed by atoms with Gasteiger partial charge >= 0.3 is 0 Å². The van der Waals surface area contributed by atoms with Crippen LogP contribution in [-0.2, 0) is 0 Å². The third-order valence-corrected chi connectivity index (χ3v) is 3.68. The molecule has 3 nitrogen and oxygen atoms in total. The van der Waals surface area contributed by atoms with Gasteiger partial charge < -0.3 is 9.80 Å². The molecule has 98 valence electrons. The summed E-state index contributed by atoms with van der Waals surface area (Å²) in [5.74, 6) is 1.05. The molecule has 2 rings (SSSR count). The maximum atomic E-state index is 8.03. The summed E-state index contributed by atoms with van der Waals surface area (Å²) in [6, 6.07) is 7.96. The number of para-hydroxylation sites is 1. The van der Waals surface area contributed by atoms with E-state index in [1.54, 1.807) is 0 Å². The zero-order chi connectivity index (χ0) is 13.1. The van der Waals surface area contributed by atoms with Crippen molar-refractivity contribution < 1.29 is 0 Å². The Morgan fingerprint density at radius 2 is 1.78 bits per heavy atom. The van der Waals surface area contributed by atoms with Gasteiger partial charge in [-0.2, -0.15) is 0 Å². The van der Waals surface area contributed by atoms with Gasteiger partial charge in [0.1, 0.15) is 0 Å². The maximum Gasteiger partial charge on any atom is 0.0985 e. The molecule has 0 spiro atoms. The molecule has 18 heavy (non-hydrogen) atoms. The minimum Gasteiger partial charge on any atom is -0.367 e. The molecule has 4 heteroatoms. The second-order valence-corrected chi connectivity index (χ2v) is 5.37. The summed E-state index contributed by atoms with van der Waals surface area (Å²) in [5, 5.41) is 8.84. The highest BCUT2D eigenvalue weighted by Gasteiger charge is 2.21. The van der Waals surface area contributed by atoms with E-state index in [2.05, 4.69) is 29.7 Å². The van der Waals surface area contributed by atoms with Crippen molar-refractivity contribution in [3.05, 3.63) is 29.3 Å². The molecule has 0 amide bonds. The predicted octanol–water partition coefficient (Wildman–Crippen LogP) is 3.10. The van der Waals surface area contributed by atoms with Crippen molar-refractivity contribution in [3.8, 4) is 0 Å². The van der Waals surface area contributed by atoms with Crippen LogP contribution >= 0.6 is 11.6 Å². The monoisotopic (exact) mass is 265 g/mol. The van der Waals surface area contributed by atoms with Gasteiger partial charge in [0.25, 0.3) is 0 Å². The summed E-state index contributed by atoms with van der Waals surface area (Å²) in [7, 11) is 0. The summed E-state index contributed by atoms with van der Waals surface area (Å²) in [4.78, 5) is 4.46. The van der Waals surface area contributed by atoms with Crippen LogP contribution in [0.15, 0.2) is 24.3 Å². The van der Waals surface area contributed by atoms with E-state index in [0.29, 0.717) is 5.92 Å². The number of nitrogens with zero attached hydrogens (tertiary/aromatic N) is 2. The van der Waals surface area contributed by atoms with E-state index in [-0.39, 0.29) is 0 Å². The first-order valence-electron chi connectivity index (χ1n) is 6.42. The topological polar surface area (TPSA) is 30.3 Å². The average molecular weight is 266 g/mol. The fourth-order valence-electron chi connectivity index (χ4n) is 2.26.